The van der Waals surface area contributed by atoms with Crippen molar-refractivity contribution in [3.05, 3.63) is 82.9 Å². The van der Waals surface area contributed by atoms with Gasteiger partial charge in [0.05, 0.1) is 11.7 Å². The molecule has 3 N–H and O–H groups in total. The highest BCUT2D eigenvalue weighted by molar-refractivity contribution is 7.13. The van der Waals surface area contributed by atoms with E-state index in [2.05, 4.69) is 31.0 Å². The van der Waals surface area contributed by atoms with E-state index >= 15 is 0 Å². The molecule has 1 aliphatic rings. The van der Waals surface area contributed by atoms with Gasteiger partial charge in [-0.1, -0.05) is 30.3 Å². The predicted molar refractivity (Wildman–Crippen MR) is 220 cm³/mol. The van der Waals surface area contributed by atoms with Gasteiger partial charge in [0, 0.05) is 55.2 Å². The van der Waals surface area contributed by atoms with Crippen molar-refractivity contribution in [2.45, 2.75) is 110 Å². The predicted octanol–water partition coefficient (Wildman–Crippen LogP) is 6.43. The van der Waals surface area contributed by atoms with Gasteiger partial charge in [0.1, 0.15) is 34.6 Å². The SMILES string of the molecule is CC(C)(C)OC(=O)N[C@H](CCC(=O)OCc1ccccc1)C(=O)NCCCc1cc(-c2nc(C(=O)Nc3cn(C4CCOCC4)nc3C(=O)OC(C)(C)C)cs2)ccn1. The van der Waals surface area contributed by atoms with E-state index in [1.807, 2.05) is 36.4 Å². The summed E-state index contributed by atoms with van der Waals surface area (Å²) in [5.41, 5.74) is 1.21. The van der Waals surface area contributed by atoms with E-state index in [4.69, 9.17) is 18.9 Å². The number of pyridine rings is 1. The number of nitrogens with zero attached hydrogens (tertiary/aromatic N) is 4. The first kappa shape index (κ1) is 44.4. The molecule has 0 spiro atoms. The van der Waals surface area contributed by atoms with Crippen LogP contribution in [0.1, 0.15) is 112 Å². The normalized spacial score (nSPS) is 13.9. The van der Waals surface area contributed by atoms with Crippen LogP contribution >= 0.6 is 11.3 Å². The van der Waals surface area contributed by atoms with Crippen LogP contribution in [0.15, 0.2) is 60.2 Å². The number of carbonyl (C=O) groups excluding carboxylic acids is 5. The van der Waals surface area contributed by atoms with Gasteiger partial charge in [-0.25, -0.2) is 14.6 Å². The van der Waals surface area contributed by atoms with Crippen molar-refractivity contribution in [1.29, 1.82) is 0 Å². The molecular formula is C42H53N7O9S. The van der Waals surface area contributed by atoms with Crippen molar-refractivity contribution in [3.8, 4) is 10.6 Å². The third kappa shape index (κ3) is 14.3. The van der Waals surface area contributed by atoms with Gasteiger partial charge in [-0.2, -0.15) is 5.10 Å². The van der Waals surface area contributed by atoms with E-state index in [1.165, 1.54) is 11.3 Å². The number of thiazole rings is 1. The zero-order chi connectivity index (χ0) is 42.6. The molecule has 17 heteroatoms. The van der Waals surface area contributed by atoms with Crippen molar-refractivity contribution in [3.63, 3.8) is 0 Å². The fourth-order valence-corrected chi connectivity index (χ4v) is 6.73. The number of alkyl carbamates (subject to hydrolysis) is 1. The van der Waals surface area contributed by atoms with E-state index < -0.39 is 47.1 Å². The number of benzene rings is 1. The minimum atomic E-state index is -1.03. The second kappa shape index (κ2) is 20.3. The third-order valence-corrected chi connectivity index (χ3v) is 9.63. The lowest BCUT2D eigenvalue weighted by Gasteiger charge is -2.23. The van der Waals surface area contributed by atoms with E-state index in [0.717, 1.165) is 29.7 Å². The van der Waals surface area contributed by atoms with E-state index in [1.54, 1.807) is 70.1 Å². The molecule has 1 atom stereocenters. The molecule has 5 rings (SSSR count). The van der Waals surface area contributed by atoms with Gasteiger partial charge in [0.2, 0.25) is 5.91 Å². The number of hydrogen-bond acceptors (Lipinski definition) is 13. The largest absolute Gasteiger partial charge is 0.461 e. The van der Waals surface area contributed by atoms with Gasteiger partial charge in [0.15, 0.2) is 5.69 Å². The molecule has 1 fully saturated rings. The van der Waals surface area contributed by atoms with Crippen molar-refractivity contribution in [2.75, 3.05) is 25.1 Å². The number of anilines is 1. The standard InChI is InChI=1S/C42H53N7O9S/c1-41(2,3)57-39(53)35-32(24-49(48-35)30-17-21-55-22-18-30)45-37(52)33-26-59-38(46-33)28-16-20-43-29(23-28)13-10-19-44-36(51)31(47-40(54)58-42(4,5)6)14-15-34(50)56-25-27-11-8-7-9-12-27/h7-9,11-12,16,20,23-24,26,30-31H,10,13-15,17-19,21-22,25H2,1-6H3,(H,44,51)(H,45,52)(H,47,54)/t31-/m1/s1. The second-order valence-electron chi connectivity index (χ2n) is 16.0. The van der Waals surface area contributed by atoms with Crippen LogP contribution < -0.4 is 16.0 Å². The molecule has 4 heterocycles. The highest BCUT2D eigenvalue weighted by Gasteiger charge is 2.29. The molecule has 0 saturated carbocycles. The fourth-order valence-electron chi connectivity index (χ4n) is 5.94. The molecule has 1 aromatic carbocycles. The van der Waals surface area contributed by atoms with Crippen LogP contribution in [0.5, 0.6) is 0 Å². The minimum absolute atomic E-state index is 0.0132. The van der Waals surface area contributed by atoms with Crippen LogP contribution in [0.25, 0.3) is 10.6 Å². The van der Waals surface area contributed by atoms with Gasteiger partial charge in [-0.05, 0) is 91.3 Å². The molecule has 1 aliphatic heterocycles. The molecule has 59 heavy (non-hydrogen) atoms. The Morgan fingerprint density at radius 2 is 1.71 bits per heavy atom. The first-order valence-corrected chi connectivity index (χ1v) is 20.5. The Labute approximate surface area is 347 Å². The average molecular weight is 832 g/mol. The van der Waals surface area contributed by atoms with Crippen molar-refractivity contribution in [1.82, 2.24) is 30.4 Å². The Kier molecular flexibility index (Phi) is 15.3. The lowest BCUT2D eigenvalue weighted by Crippen LogP contribution is -2.48. The minimum Gasteiger partial charge on any atom is -0.461 e. The van der Waals surface area contributed by atoms with Crippen LogP contribution in [0.3, 0.4) is 0 Å². The Morgan fingerprint density at radius 3 is 2.42 bits per heavy atom. The lowest BCUT2D eigenvalue weighted by molar-refractivity contribution is -0.145. The molecule has 0 unspecified atom stereocenters. The number of ether oxygens (including phenoxy) is 4. The van der Waals surface area contributed by atoms with E-state index in [9.17, 15) is 24.0 Å². The number of hydrogen-bond donors (Lipinski definition) is 3. The summed E-state index contributed by atoms with van der Waals surface area (Å²) in [5, 5.41) is 15.0. The second-order valence-corrected chi connectivity index (χ2v) is 16.9. The molecule has 0 radical (unpaired) electrons. The number of amides is 3. The van der Waals surface area contributed by atoms with Crippen molar-refractivity contribution in [2.24, 2.45) is 0 Å². The van der Waals surface area contributed by atoms with Crippen LogP contribution in [-0.4, -0.2) is 86.6 Å². The van der Waals surface area contributed by atoms with Crippen molar-refractivity contribution >= 4 is 46.9 Å². The summed E-state index contributed by atoms with van der Waals surface area (Å²) in [7, 11) is 0. The maximum Gasteiger partial charge on any atom is 0.408 e. The topological polar surface area (TPSA) is 202 Å². The first-order chi connectivity index (χ1) is 28.0. The molecule has 16 nitrogen and oxygen atoms in total. The quantitative estimate of drug-likeness (QED) is 0.0636. The highest BCUT2D eigenvalue weighted by Crippen LogP contribution is 2.28. The number of carbonyl (C=O) groups is 5. The monoisotopic (exact) mass is 831 g/mol. The smallest absolute Gasteiger partial charge is 0.408 e. The molecule has 0 bridgehead atoms. The summed E-state index contributed by atoms with van der Waals surface area (Å²) >= 11 is 1.29. The number of aromatic nitrogens is 4. The Hall–Kier alpha value is -5.68. The summed E-state index contributed by atoms with van der Waals surface area (Å²) < 4.78 is 23.4. The van der Waals surface area contributed by atoms with Crippen LogP contribution in [0, 0.1) is 0 Å². The molecule has 1 saturated heterocycles. The Bertz CT molecular complexity index is 2070. The summed E-state index contributed by atoms with van der Waals surface area (Å²) in [6.45, 7) is 12.0. The molecule has 4 aromatic rings. The van der Waals surface area contributed by atoms with E-state index in [-0.39, 0.29) is 49.1 Å². The van der Waals surface area contributed by atoms with Gasteiger partial charge in [-0.15, -0.1) is 11.3 Å². The summed E-state index contributed by atoms with van der Waals surface area (Å²) in [6, 6.07) is 11.9. The van der Waals surface area contributed by atoms with Crippen LogP contribution in [-0.2, 0) is 41.6 Å². The zero-order valence-corrected chi connectivity index (χ0v) is 35.2. The average Bonchev–Trinajstić information content (AvgIpc) is 3.85. The van der Waals surface area contributed by atoms with Gasteiger partial charge < -0.3 is 34.9 Å². The maximum atomic E-state index is 13.4. The Morgan fingerprint density at radius 1 is 0.983 bits per heavy atom. The molecule has 316 valence electrons. The third-order valence-electron chi connectivity index (χ3n) is 8.73. The number of nitrogens with one attached hydrogen (secondary N) is 3. The molecule has 3 amide bonds. The summed E-state index contributed by atoms with van der Waals surface area (Å²) in [6.07, 6.45) is 4.94. The first-order valence-electron chi connectivity index (χ1n) is 19.6. The van der Waals surface area contributed by atoms with Gasteiger partial charge in [-0.3, -0.25) is 24.0 Å². The summed E-state index contributed by atoms with van der Waals surface area (Å²) in [4.78, 5) is 73.9. The molecular weight excluding hydrogens is 779 g/mol. The van der Waals surface area contributed by atoms with Gasteiger partial charge in [0.25, 0.3) is 5.91 Å². The number of rotatable bonds is 16. The van der Waals surface area contributed by atoms with Crippen molar-refractivity contribution < 1.29 is 42.9 Å². The van der Waals surface area contributed by atoms with Crippen LogP contribution in [0.4, 0.5) is 10.5 Å². The van der Waals surface area contributed by atoms with Crippen LogP contribution in [0.2, 0.25) is 0 Å². The fraction of sp³-hybridized carbons (Fsp3) is 0.476. The number of aryl methyl sites for hydroxylation is 1. The highest BCUT2D eigenvalue weighted by atomic mass is 32.1. The lowest BCUT2D eigenvalue weighted by atomic mass is 10.1. The molecule has 3 aromatic heterocycles. The summed E-state index contributed by atoms with van der Waals surface area (Å²) in [5.74, 6) is -2.11. The van der Waals surface area contributed by atoms with E-state index in [0.29, 0.717) is 31.1 Å². The number of esters is 2. The zero-order valence-electron chi connectivity index (χ0n) is 34.4. The Balaban J connectivity index is 1.16. The molecule has 0 aliphatic carbocycles. The van der Waals surface area contributed by atoms with Gasteiger partial charge >= 0.3 is 18.0 Å². The maximum absolute atomic E-state index is 13.4.